The number of nitrogens with one attached hydrogen (secondary N) is 1. The van der Waals surface area contributed by atoms with Crippen LogP contribution in [0.3, 0.4) is 0 Å². The number of hydrogen-bond acceptors (Lipinski definition) is 2. The lowest BCUT2D eigenvalue weighted by atomic mass is 10.2. The van der Waals surface area contributed by atoms with Crippen molar-refractivity contribution in [1.82, 2.24) is 14.8 Å². The van der Waals surface area contributed by atoms with Crippen molar-refractivity contribution in [2.24, 2.45) is 0 Å². The van der Waals surface area contributed by atoms with Crippen molar-refractivity contribution in [3.8, 4) is 0 Å². The maximum absolute atomic E-state index is 11.6. The molecule has 0 aromatic carbocycles. The Kier molecular flexibility index (Phi) is 4.86. The van der Waals surface area contributed by atoms with Crippen LogP contribution in [0.25, 0.3) is 0 Å². The number of hydrogen-bond donors (Lipinski definition) is 1. The summed E-state index contributed by atoms with van der Waals surface area (Å²) in [5, 5.41) is 3.54. The first-order valence-corrected chi connectivity index (χ1v) is 7.69. The number of nitrogens with zero attached hydrogens (tertiary/aromatic N) is 2. The van der Waals surface area contributed by atoms with Crippen LogP contribution in [0.1, 0.15) is 43.6 Å². The molecule has 4 nitrogen and oxygen atoms in total. The predicted molar refractivity (Wildman–Crippen MR) is 81.7 cm³/mol. The van der Waals surface area contributed by atoms with Crippen molar-refractivity contribution in [3.63, 3.8) is 0 Å². The van der Waals surface area contributed by atoms with E-state index >= 15 is 0 Å². The lowest BCUT2D eigenvalue weighted by Crippen LogP contribution is -2.39. The first-order valence-electron chi connectivity index (χ1n) is 7.69. The molecule has 0 aliphatic carbocycles. The molecule has 0 saturated carbocycles. The van der Waals surface area contributed by atoms with Crippen molar-refractivity contribution in [2.45, 2.75) is 59.7 Å². The number of carbonyl (C=O) groups excluding carboxylic acids is 1. The van der Waals surface area contributed by atoms with Crippen LogP contribution >= 0.6 is 0 Å². The van der Waals surface area contributed by atoms with Gasteiger partial charge in [0.2, 0.25) is 5.91 Å². The summed E-state index contributed by atoms with van der Waals surface area (Å²) in [6, 6.07) is 2.60. The molecule has 1 saturated heterocycles. The van der Waals surface area contributed by atoms with E-state index in [2.05, 4.69) is 43.6 Å². The van der Waals surface area contributed by atoms with Crippen LogP contribution in [0, 0.1) is 13.8 Å². The van der Waals surface area contributed by atoms with Gasteiger partial charge in [0.05, 0.1) is 0 Å². The summed E-state index contributed by atoms with van der Waals surface area (Å²) >= 11 is 0. The van der Waals surface area contributed by atoms with E-state index in [1.165, 1.54) is 17.0 Å². The van der Waals surface area contributed by atoms with Crippen LogP contribution in [0.2, 0.25) is 0 Å². The summed E-state index contributed by atoms with van der Waals surface area (Å²) in [5.74, 6) is 0.308. The highest BCUT2D eigenvalue weighted by Gasteiger charge is 2.21. The minimum absolute atomic E-state index is 0.308. The van der Waals surface area contributed by atoms with E-state index in [1.807, 2.05) is 4.90 Å². The summed E-state index contributed by atoms with van der Waals surface area (Å²) < 4.78 is 2.34. The number of aryl methyl sites for hydroxylation is 1. The monoisotopic (exact) mass is 277 g/mol. The van der Waals surface area contributed by atoms with Gasteiger partial charge in [-0.25, -0.2) is 0 Å². The van der Waals surface area contributed by atoms with E-state index in [0.29, 0.717) is 11.9 Å². The Hall–Kier alpha value is -1.29. The van der Waals surface area contributed by atoms with Gasteiger partial charge in [0.1, 0.15) is 0 Å². The topological polar surface area (TPSA) is 37.3 Å². The first-order chi connectivity index (χ1) is 9.52. The van der Waals surface area contributed by atoms with Gasteiger partial charge in [-0.2, -0.15) is 0 Å². The molecule has 1 amide bonds. The third-order valence-electron chi connectivity index (χ3n) is 4.30. The smallest absolute Gasteiger partial charge is 0.222 e. The van der Waals surface area contributed by atoms with Gasteiger partial charge >= 0.3 is 0 Å². The SMILES string of the molecule is CCn1c(C)cc(CNC(C)CN2CCCC2=O)c1C. The van der Waals surface area contributed by atoms with Crippen LogP contribution in [0.4, 0.5) is 0 Å². The zero-order valence-electron chi connectivity index (χ0n) is 13.2. The van der Waals surface area contributed by atoms with E-state index in [-0.39, 0.29) is 0 Å². The molecule has 1 atom stereocenters. The van der Waals surface area contributed by atoms with E-state index in [0.717, 1.165) is 39.0 Å². The molecule has 2 heterocycles. The highest BCUT2D eigenvalue weighted by molar-refractivity contribution is 5.78. The summed E-state index contributed by atoms with van der Waals surface area (Å²) in [6.45, 7) is 12.3. The fourth-order valence-electron chi connectivity index (χ4n) is 3.11. The van der Waals surface area contributed by atoms with Gasteiger partial charge in [0.25, 0.3) is 0 Å². The van der Waals surface area contributed by atoms with Crippen molar-refractivity contribution in [1.29, 1.82) is 0 Å². The molecule has 2 rings (SSSR count). The van der Waals surface area contributed by atoms with Crippen molar-refractivity contribution < 1.29 is 4.79 Å². The van der Waals surface area contributed by atoms with E-state index < -0.39 is 0 Å². The highest BCUT2D eigenvalue weighted by Crippen LogP contribution is 2.15. The Balaban J connectivity index is 1.87. The molecule has 0 spiro atoms. The van der Waals surface area contributed by atoms with Crippen LogP contribution in [0.15, 0.2) is 6.07 Å². The average Bonchev–Trinajstić information content (AvgIpc) is 2.92. The largest absolute Gasteiger partial charge is 0.349 e. The van der Waals surface area contributed by atoms with Crippen LogP contribution < -0.4 is 5.32 Å². The maximum Gasteiger partial charge on any atom is 0.222 e. The minimum Gasteiger partial charge on any atom is -0.349 e. The number of likely N-dealkylation sites (tertiary alicyclic amines) is 1. The Morgan fingerprint density at radius 1 is 1.40 bits per heavy atom. The first kappa shape index (κ1) is 15.1. The second-order valence-electron chi connectivity index (χ2n) is 5.87. The lowest BCUT2D eigenvalue weighted by molar-refractivity contribution is -0.127. The maximum atomic E-state index is 11.6. The molecule has 112 valence electrons. The fourth-order valence-corrected chi connectivity index (χ4v) is 3.11. The number of amides is 1. The van der Waals surface area contributed by atoms with Crippen LogP contribution in [-0.4, -0.2) is 34.5 Å². The molecule has 1 aromatic heterocycles. The zero-order chi connectivity index (χ0) is 14.7. The molecule has 0 bridgehead atoms. The summed E-state index contributed by atoms with van der Waals surface area (Å²) in [5.41, 5.74) is 4.04. The normalized spacial score (nSPS) is 17.0. The second-order valence-corrected chi connectivity index (χ2v) is 5.87. The Morgan fingerprint density at radius 3 is 2.70 bits per heavy atom. The van der Waals surface area contributed by atoms with Crippen molar-refractivity contribution in [3.05, 3.63) is 23.0 Å². The van der Waals surface area contributed by atoms with Crippen LogP contribution in [-0.2, 0) is 17.9 Å². The predicted octanol–water partition coefficient (Wildman–Crippen LogP) is 2.23. The Morgan fingerprint density at radius 2 is 2.15 bits per heavy atom. The fraction of sp³-hybridized carbons (Fsp3) is 0.688. The lowest BCUT2D eigenvalue weighted by Gasteiger charge is -2.21. The van der Waals surface area contributed by atoms with E-state index in [9.17, 15) is 4.79 Å². The van der Waals surface area contributed by atoms with Gasteiger partial charge in [-0.15, -0.1) is 0 Å². The molecule has 1 aromatic rings. The second kappa shape index (κ2) is 6.44. The molecule has 1 aliphatic heterocycles. The average molecular weight is 277 g/mol. The quantitative estimate of drug-likeness (QED) is 0.866. The summed E-state index contributed by atoms with van der Waals surface area (Å²) in [6.07, 6.45) is 1.74. The highest BCUT2D eigenvalue weighted by atomic mass is 16.2. The molecular formula is C16H27N3O. The van der Waals surface area contributed by atoms with Gasteiger partial charge in [-0.05, 0) is 45.7 Å². The van der Waals surface area contributed by atoms with E-state index in [1.54, 1.807) is 0 Å². The van der Waals surface area contributed by atoms with Gasteiger partial charge < -0.3 is 14.8 Å². The third kappa shape index (κ3) is 3.23. The molecule has 4 heteroatoms. The zero-order valence-corrected chi connectivity index (χ0v) is 13.2. The standard InChI is InChI=1S/C16H27N3O/c1-5-19-13(3)9-15(14(19)4)10-17-12(2)11-18-8-6-7-16(18)20/h9,12,17H,5-8,10-11H2,1-4H3. The molecule has 1 fully saturated rings. The Bertz CT molecular complexity index is 478. The van der Waals surface area contributed by atoms with Gasteiger partial charge in [-0.3, -0.25) is 4.79 Å². The minimum atomic E-state index is 0.308. The summed E-state index contributed by atoms with van der Waals surface area (Å²) in [7, 11) is 0. The third-order valence-corrected chi connectivity index (χ3v) is 4.30. The molecular weight excluding hydrogens is 250 g/mol. The molecule has 1 aliphatic rings. The van der Waals surface area contributed by atoms with Crippen LogP contribution in [0.5, 0.6) is 0 Å². The summed E-state index contributed by atoms with van der Waals surface area (Å²) in [4.78, 5) is 13.6. The Labute approximate surface area is 122 Å². The molecule has 20 heavy (non-hydrogen) atoms. The number of rotatable bonds is 6. The number of carbonyl (C=O) groups is 1. The molecule has 0 radical (unpaired) electrons. The molecule has 1 N–H and O–H groups in total. The van der Waals surface area contributed by atoms with Gasteiger partial charge in [0.15, 0.2) is 0 Å². The van der Waals surface area contributed by atoms with Crippen molar-refractivity contribution >= 4 is 5.91 Å². The molecule has 1 unspecified atom stereocenters. The van der Waals surface area contributed by atoms with Gasteiger partial charge in [0, 0.05) is 50.0 Å². The van der Waals surface area contributed by atoms with Crippen molar-refractivity contribution in [2.75, 3.05) is 13.1 Å². The van der Waals surface area contributed by atoms with E-state index in [4.69, 9.17) is 0 Å². The number of aromatic nitrogens is 1. The van der Waals surface area contributed by atoms with Gasteiger partial charge in [-0.1, -0.05) is 0 Å².